The van der Waals surface area contributed by atoms with Crippen LogP contribution in [0.2, 0.25) is 0 Å². The maximum atomic E-state index is 14.6. The molecule has 5 aromatic carbocycles. The number of hydrogen-bond donors (Lipinski definition) is 11. The largest absolute Gasteiger partial charge is 0.480 e. The van der Waals surface area contributed by atoms with Crippen molar-refractivity contribution in [3.63, 3.8) is 0 Å². The van der Waals surface area contributed by atoms with Crippen LogP contribution in [-0.2, 0) is 66.6 Å². The summed E-state index contributed by atoms with van der Waals surface area (Å²) in [5.41, 5.74) is 0.792. The molecule has 5 amide bonds. The van der Waals surface area contributed by atoms with E-state index in [2.05, 4.69) is 10.0 Å². The third-order valence-electron chi connectivity index (χ3n) is 17.1. The number of aliphatic carboxylic acids is 8. The minimum Gasteiger partial charge on any atom is -0.480 e. The van der Waals surface area contributed by atoms with Gasteiger partial charge in [0.2, 0.25) is 16.6 Å². The Morgan fingerprint density at radius 1 is 0.524 bits per heavy atom. The van der Waals surface area contributed by atoms with E-state index in [1.54, 1.807) is 54.6 Å². The fourth-order valence-corrected chi connectivity index (χ4v) is 13.2. The van der Waals surface area contributed by atoms with E-state index in [0.717, 1.165) is 12.1 Å². The molecule has 103 heavy (non-hydrogen) atoms. The van der Waals surface area contributed by atoms with Crippen LogP contribution in [0.25, 0.3) is 27.1 Å². The molecule has 10 N–H and O–H groups in total. The number of carbonyl (C=O) groups excluding carboxylic acids is 5. The number of likely N-dealkylation sites (N-methyl/N-ethyl adjacent to an activating group) is 1. The number of anilines is 2. The summed E-state index contributed by atoms with van der Waals surface area (Å²) in [5.74, 6) is -17.9. The zero-order valence-corrected chi connectivity index (χ0v) is 56.9. The number of nitrogens with one attached hydrogen (secondary N) is 2. The first-order valence-corrected chi connectivity index (χ1v) is 32.6. The van der Waals surface area contributed by atoms with Gasteiger partial charge in [-0.05, 0) is 133 Å². The molecule has 6 aromatic rings. The molecule has 0 radical (unpaired) electrons. The maximum Gasteiger partial charge on any atom is 0.323 e. The average Bonchev–Trinajstić information content (AvgIpc) is 1.59. The molecule has 8 rings (SSSR count). The molecule has 0 saturated heterocycles. The number of nitrogens with zero attached hydrogens (tertiary/aromatic N) is 7. The highest BCUT2D eigenvalue weighted by molar-refractivity contribution is 7.73. The average molecular weight is 1440 g/mol. The predicted molar refractivity (Wildman–Crippen MR) is 368 cm³/mol. The number of fused-ring (bicyclic) bond motifs is 6. The summed E-state index contributed by atoms with van der Waals surface area (Å²) in [4.78, 5) is 177. The van der Waals surface area contributed by atoms with E-state index < -0.39 is 162 Å². The molecule has 0 unspecified atom stereocenters. The number of rotatable bonds is 31. The molecule has 3 heterocycles. The number of aromatic nitrogens is 1. The van der Waals surface area contributed by atoms with Crippen LogP contribution in [0.3, 0.4) is 0 Å². The Kier molecular flexibility index (Phi) is 23.1. The monoisotopic (exact) mass is 1440 g/mol. The summed E-state index contributed by atoms with van der Waals surface area (Å²) >= 11 is 0. The fraction of sp³-hybridized carbons (Fsp3) is 0.271. The van der Waals surface area contributed by atoms with Crippen molar-refractivity contribution in [1.82, 2.24) is 29.9 Å². The van der Waals surface area contributed by atoms with Gasteiger partial charge in [0.25, 0.3) is 29.5 Å². The van der Waals surface area contributed by atoms with Crippen molar-refractivity contribution in [1.29, 1.82) is 0 Å². The normalized spacial score (nSPS) is 13.9. The molecule has 33 heteroatoms. The van der Waals surface area contributed by atoms with Gasteiger partial charge >= 0.3 is 47.8 Å². The second kappa shape index (κ2) is 31.2. The first-order chi connectivity index (χ1) is 48.5. The van der Waals surface area contributed by atoms with Crippen LogP contribution < -0.4 is 14.9 Å². The SMILES string of the molecule is CCN1/C(=C/C=C(/C=C/C2=[N+](CC)c3ccc4c(C(=O)N(CC(=O)O)CC(=O)O)cc(C(=O)N(CC(=O)O)CC(=O)O)cc4c3C2(C)C)c2ccc(C(=O)NCc3ccc(N[SH](=O)=O)cc3)cn2)C(C)(C)c2c1ccc1c(C(=O)N(CC(=O)O)CC(=O)O)cc(C(=O)N(CC(=O)O)CC(=O)O)cc21. The number of benzene rings is 5. The molecular weight excluding hydrogens is 1370 g/mol. The van der Waals surface area contributed by atoms with E-state index >= 15 is 0 Å². The Morgan fingerprint density at radius 3 is 1.39 bits per heavy atom. The number of carbonyl (C=O) groups is 13. The van der Waals surface area contributed by atoms with Crippen LogP contribution in [-0.4, -0.2) is 227 Å². The van der Waals surface area contributed by atoms with Gasteiger partial charge in [-0.15, -0.1) is 0 Å². The van der Waals surface area contributed by atoms with E-state index in [4.69, 9.17) is 4.98 Å². The Balaban J connectivity index is 1.33. The van der Waals surface area contributed by atoms with Crippen LogP contribution in [0.1, 0.15) is 116 Å². The van der Waals surface area contributed by atoms with Gasteiger partial charge in [0.15, 0.2) is 5.71 Å². The van der Waals surface area contributed by atoms with Gasteiger partial charge in [0.1, 0.15) is 58.9 Å². The molecule has 32 nitrogen and oxygen atoms in total. The number of carboxylic acids is 8. The van der Waals surface area contributed by atoms with Crippen molar-refractivity contribution in [3.8, 4) is 0 Å². The highest BCUT2D eigenvalue weighted by atomic mass is 32.2. The summed E-state index contributed by atoms with van der Waals surface area (Å²) in [6.45, 7) is 2.58. The quantitative estimate of drug-likeness (QED) is 0.0163. The smallest absolute Gasteiger partial charge is 0.323 e. The van der Waals surface area contributed by atoms with Gasteiger partial charge in [0, 0.05) is 87.3 Å². The summed E-state index contributed by atoms with van der Waals surface area (Å²) in [5, 5.41) is 81.7. The van der Waals surface area contributed by atoms with Gasteiger partial charge in [0.05, 0.1) is 16.7 Å². The van der Waals surface area contributed by atoms with Crippen LogP contribution in [0.4, 0.5) is 17.1 Å². The van der Waals surface area contributed by atoms with Crippen molar-refractivity contribution in [2.45, 2.75) is 58.9 Å². The molecule has 1 aromatic heterocycles. The molecule has 538 valence electrons. The second-order valence-electron chi connectivity index (χ2n) is 24.8. The van der Waals surface area contributed by atoms with E-state index in [9.17, 15) is 112 Å². The number of hydrogen-bond acceptors (Lipinski definition) is 17. The summed E-state index contributed by atoms with van der Waals surface area (Å²) in [7, 11) is -2.92. The highest BCUT2D eigenvalue weighted by Gasteiger charge is 2.47. The number of amides is 5. The highest BCUT2D eigenvalue weighted by Crippen LogP contribution is 2.52. The summed E-state index contributed by atoms with van der Waals surface area (Å²) in [6.07, 6.45) is 8.26. The lowest BCUT2D eigenvalue weighted by Gasteiger charge is -2.26. The Labute approximate surface area is 587 Å². The third kappa shape index (κ3) is 17.0. The standard InChI is InChI=1S/C70H69N9O23S/c1-7-78-50-19-16-43-45(23-40(65(97)74(29-54(80)81)30-55(82)83)25-47(43)67(99)76(33-58(88)89)34-59(90)91)62(50)69(3,4)52(78)21-12-38(49-18-11-39(28-71-49)64(96)72-27-37-9-14-42(15-10-37)73-103(101)102)13-22-53-70(5,6)63-46-24-41(66(98)75(31-56(84)85)32-57(86)87)26-48(44(46)17-20-51(63)79(53)8-2)68(100)77(35-60(92)93)36-61(94)95/h9-26,28,103H,7-8,27,29-36H2,1-6H3,(H9-,72,73,80,81,82,83,84,85,86,87,88,89,90,91,92,93,94,95,96,101,102)/p+1. The summed E-state index contributed by atoms with van der Waals surface area (Å²) in [6, 6.07) is 20.3. The first-order valence-electron chi connectivity index (χ1n) is 31.4. The molecule has 0 fully saturated rings. The van der Waals surface area contributed by atoms with Crippen LogP contribution in [0, 0.1) is 0 Å². The topological polar surface area (TPSA) is 474 Å². The molecule has 0 bridgehead atoms. The number of thiol groups is 1. The molecule has 0 saturated carbocycles. The van der Waals surface area contributed by atoms with Crippen LogP contribution >= 0.6 is 0 Å². The van der Waals surface area contributed by atoms with Gasteiger partial charge in [-0.25, -0.2) is 8.42 Å². The number of pyridine rings is 1. The maximum absolute atomic E-state index is 14.6. The molecule has 2 aliphatic rings. The van der Waals surface area contributed by atoms with Gasteiger partial charge in [-0.1, -0.05) is 38.1 Å². The molecule has 0 atom stereocenters. The van der Waals surface area contributed by atoms with E-state index in [0.29, 0.717) is 70.3 Å². The van der Waals surface area contributed by atoms with Gasteiger partial charge < -0.3 is 70.7 Å². The van der Waals surface area contributed by atoms with Gasteiger partial charge in [-0.3, -0.25) is 72.0 Å². The van der Waals surface area contributed by atoms with Crippen molar-refractivity contribution >= 4 is 138 Å². The third-order valence-corrected chi connectivity index (χ3v) is 17.5. The minimum atomic E-state index is -2.92. The fourth-order valence-electron chi connectivity index (χ4n) is 12.8. The molecule has 2 aliphatic heterocycles. The van der Waals surface area contributed by atoms with E-state index in [-0.39, 0.29) is 63.6 Å². The van der Waals surface area contributed by atoms with Crippen molar-refractivity contribution in [2.24, 2.45) is 0 Å². The summed E-state index contributed by atoms with van der Waals surface area (Å²) < 4.78 is 26.6. The van der Waals surface area contributed by atoms with Gasteiger partial charge in [-0.2, -0.15) is 4.58 Å². The van der Waals surface area contributed by atoms with E-state index in [1.165, 1.54) is 48.7 Å². The lowest BCUT2D eigenvalue weighted by Crippen LogP contribution is -2.40. The number of carboxylic acid groups (broad SMARTS) is 8. The lowest BCUT2D eigenvalue weighted by molar-refractivity contribution is -0.433. The first kappa shape index (κ1) is 76.1. The lowest BCUT2D eigenvalue weighted by atomic mass is 9.78. The Morgan fingerprint density at radius 2 is 0.971 bits per heavy atom. The zero-order valence-electron chi connectivity index (χ0n) is 56.0. The number of allylic oxidation sites excluding steroid dienone is 6. The second-order valence-corrected chi connectivity index (χ2v) is 25.5. The Hall–Kier alpha value is -12.7. The Bertz CT molecular complexity index is 4730. The zero-order chi connectivity index (χ0) is 75.9. The van der Waals surface area contributed by atoms with Crippen molar-refractivity contribution in [3.05, 3.63) is 171 Å². The minimum absolute atomic E-state index is 0.0290. The molecule has 0 aliphatic carbocycles. The predicted octanol–water partition coefficient (Wildman–Crippen LogP) is 4.44. The van der Waals surface area contributed by atoms with Crippen LogP contribution in [0.15, 0.2) is 121 Å². The van der Waals surface area contributed by atoms with Crippen molar-refractivity contribution in [2.75, 3.05) is 75.1 Å². The molecule has 0 spiro atoms. The van der Waals surface area contributed by atoms with E-state index in [1.807, 2.05) is 51.0 Å². The molecular formula is C70H70N9O23S+. The van der Waals surface area contributed by atoms with Crippen molar-refractivity contribution < 1.29 is 116 Å². The van der Waals surface area contributed by atoms with Crippen LogP contribution in [0.5, 0.6) is 0 Å².